The number of benzene rings is 1. The summed E-state index contributed by atoms with van der Waals surface area (Å²) in [5.74, 6) is -0.113. The summed E-state index contributed by atoms with van der Waals surface area (Å²) in [6.45, 7) is 3.27. The van der Waals surface area contributed by atoms with E-state index in [4.69, 9.17) is 0 Å². The molecule has 1 aliphatic carbocycles. The fraction of sp³-hybridized carbons (Fsp3) is 0.533. The second kappa shape index (κ2) is 7.17. The van der Waals surface area contributed by atoms with Gasteiger partial charge in [0.05, 0.1) is 10.8 Å². The van der Waals surface area contributed by atoms with E-state index in [2.05, 4.69) is 15.4 Å². The standard InChI is InChI=1S/C15H21N3O3S.ClH/c1-10-2-3-13(17-15(19)11-6-7-16-9-11)8-14(10)22(20,21)18-12-4-5-12;/h2-3,8,11-12,16,18H,4-7,9H2,1H3,(H,17,19);1H. The number of hydrogen-bond donors (Lipinski definition) is 3. The number of halogens is 1. The third kappa shape index (κ3) is 4.44. The maximum absolute atomic E-state index is 12.4. The van der Waals surface area contributed by atoms with Crippen LogP contribution in [0.5, 0.6) is 0 Å². The first kappa shape index (κ1) is 18.2. The summed E-state index contributed by atoms with van der Waals surface area (Å²) in [5, 5.41) is 5.97. The van der Waals surface area contributed by atoms with Crippen LogP contribution in [0.15, 0.2) is 23.1 Å². The second-order valence-electron chi connectivity index (χ2n) is 6.05. The van der Waals surface area contributed by atoms with Crippen LogP contribution in [0.1, 0.15) is 24.8 Å². The molecule has 1 saturated heterocycles. The summed E-state index contributed by atoms with van der Waals surface area (Å²) in [7, 11) is -3.52. The van der Waals surface area contributed by atoms with E-state index in [1.54, 1.807) is 25.1 Å². The van der Waals surface area contributed by atoms with E-state index < -0.39 is 10.0 Å². The number of carbonyl (C=O) groups excluding carboxylic acids is 1. The van der Waals surface area contributed by atoms with Gasteiger partial charge in [-0.25, -0.2) is 13.1 Å². The van der Waals surface area contributed by atoms with Crippen LogP contribution < -0.4 is 15.4 Å². The molecule has 1 amide bonds. The molecule has 1 heterocycles. The van der Waals surface area contributed by atoms with E-state index in [9.17, 15) is 13.2 Å². The van der Waals surface area contributed by atoms with Crippen molar-refractivity contribution in [3.63, 3.8) is 0 Å². The molecule has 1 aromatic carbocycles. The van der Waals surface area contributed by atoms with Gasteiger partial charge in [-0.3, -0.25) is 4.79 Å². The van der Waals surface area contributed by atoms with Crippen molar-refractivity contribution in [2.45, 2.75) is 37.1 Å². The molecule has 0 bridgehead atoms. The molecule has 2 fully saturated rings. The first-order valence-corrected chi connectivity index (χ1v) is 9.08. The number of nitrogens with one attached hydrogen (secondary N) is 3. The van der Waals surface area contributed by atoms with Crippen LogP contribution in [0.25, 0.3) is 0 Å². The highest BCUT2D eigenvalue weighted by Crippen LogP contribution is 2.25. The molecule has 23 heavy (non-hydrogen) atoms. The summed E-state index contributed by atoms with van der Waals surface area (Å²) in [6, 6.07) is 5.07. The molecular formula is C15H22ClN3O3S. The quantitative estimate of drug-likeness (QED) is 0.741. The summed E-state index contributed by atoms with van der Waals surface area (Å²) in [6.07, 6.45) is 2.60. The normalized spacial score (nSPS) is 20.8. The Bertz CT molecular complexity index is 683. The van der Waals surface area contributed by atoms with Crippen molar-refractivity contribution in [1.82, 2.24) is 10.0 Å². The molecule has 3 N–H and O–H groups in total. The topological polar surface area (TPSA) is 87.3 Å². The van der Waals surface area contributed by atoms with Crippen molar-refractivity contribution in [3.8, 4) is 0 Å². The van der Waals surface area contributed by atoms with Crippen molar-refractivity contribution in [3.05, 3.63) is 23.8 Å². The maximum Gasteiger partial charge on any atom is 0.241 e. The monoisotopic (exact) mass is 359 g/mol. The summed E-state index contributed by atoms with van der Waals surface area (Å²) < 4.78 is 27.4. The Morgan fingerprint density at radius 3 is 2.61 bits per heavy atom. The molecule has 0 aromatic heterocycles. The van der Waals surface area contributed by atoms with E-state index in [-0.39, 0.29) is 35.2 Å². The lowest BCUT2D eigenvalue weighted by molar-refractivity contribution is -0.119. The lowest BCUT2D eigenvalue weighted by Crippen LogP contribution is -2.27. The van der Waals surface area contributed by atoms with E-state index in [1.807, 2.05) is 0 Å². The Morgan fingerprint density at radius 2 is 2.00 bits per heavy atom. The van der Waals surface area contributed by atoms with Crippen molar-refractivity contribution in [1.29, 1.82) is 0 Å². The van der Waals surface area contributed by atoms with E-state index in [1.165, 1.54) is 0 Å². The number of carbonyl (C=O) groups is 1. The lowest BCUT2D eigenvalue weighted by atomic mass is 10.1. The average Bonchev–Trinajstić information content (AvgIpc) is 3.09. The van der Waals surface area contributed by atoms with Gasteiger partial charge >= 0.3 is 0 Å². The van der Waals surface area contributed by atoms with Crippen LogP contribution in [-0.4, -0.2) is 33.5 Å². The highest BCUT2D eigenvalue weighted by Gasteiger charge is 2.29. The fourth-order valence-corrected chi connectivity index (χ4v) is 4.15. The number of aryl methyl sites for hydroxylation is 1. The number of anilines is 1. The molecule has 1 aromatic rings. The summed E-state index contributed by atoms with van der Waals surface area (Å²) in [5.41, 5.74) is 1.20. The second-order valence-corrected chi connectivity index (χ2v) is 7.74. The van der Waals surface area contributed by atoms with Gasteiger partial charge in [0, 0.05) is 18.3 Å². The number of sulfonamides is 1. The van der Waals surface area contributed by atoms with Gasteiger partial charge < -0.3 is 10.6 Å². The highest BCUT2D eigenvalue weighted by molar-refractivity contribution is 7.89. The zero-order valence-electron chi connectivity index (χ0n) is 13.0. The van der Waals surface area contributed by atoms with Crippen molar-refractivity contribution in [2.24, 2.45) is 5.92 Å². The SMILES string of the molecule is Cc1ccc(NC(=O)C2CCNC2)cc1S(=O)(=O)NC1CC1.Cl. The minimum Gasteiger partial charge on any atom is -0.326 e. The first-order chi connectivity index (χ1) is 10.5. The van der Waals surface area contributed by atoms with E-state index in [0.717, 1.165) is 25.8 Å². The van der Waals surface area contributed by atoms with Gasteiger partial charge in [-0.05, 0) is 50.4 Å². The predicted molar refractivity (Wildman–Crippen MR) is 91.4 cm³/mol. The molecule has 2 aliphatic rings. The lowest BCUT2D eigenvalue weighted by Gasteiger charge is -2.13. The number of rotatable bonds is 5. The van der Waals surface area contributed by atoms with Crippen LogP contribution in [0.3, 0.4) is 0 Å². The molecular weight excluding hydrogens is 338 g/mol. The third-order valence-corrected chi connectivity index (χ3v) is 5.74. The molecule has 0 radical (unpaired) electrons. The number of hydrogen-bond acceptors (Lipinski definition) is 4. The van der Waals surface area contributed by atoms with E-state index >= 15 is 0 Å². The molecule has 3 rings (SSSR count). The Hall–Kier alpha value is -1.15. The van der Waals surface area contributed by atoms with Crippen LogP contribution in [-0.2, 0) is 14.8 Å². The fourth-order valence-electron chi connectivity index (χ4n) is 2.57. The van der Waals surface area contributed by atoms with E-state index in [0.29, 0.717) is 17.8 Å². The zero-order chi connectivity index (χ0) is 15.7. The number of amides is 1. The van der Waals surface area contributed by atoms with Crippen molar-refractivity contribution >= 4 is 34.0 Å². The molecule has 1 aliphatic heterocycles. The largest absolute Gasteiger partial charge is 0.326 e. The van der Waals surface area contributed by atoms with Crippen LogP contribution in [0, 0.1) is 12.8 Å². The minimum absolute atomic E-state index is 0. The predicted octanol–water partition coefficient (Wildman–Crippen LogP) is 1.41. The van der Waals surface area contributed by atoms with Gasteiger partial charge in [0.1, 0.15) is 0 Å². The summed E-state index contributed by atoms with van der Waals surface area (Å²) in [4.78, 5) is 12.4. The van der Waals surface area contributed by atoms with Crippen molar-refractivity contribution in [2.75, 3.05) is 18.4 Å². The molecule has 8 heteroatoms. The molecule has 6 nitrogen and oxygen atoms in total. The van der Waals surface area contributed by atoms with Crippen LogP contribution in [0.4, 0.5) is 5.69 Å². The Morgan fingerprint density at radius 1 is 1.26 bits per heavy atom. The molecule has 128 valence electrons. The molecule has 1 unspecified atom stereocenters. The van der Waals surface area contributed by atoms with Crippen LogP contribution in [0.2, 0.25) is 0 Å². The van der Waals surface area contributed by atoms with Crippen LogP contribution >= 0.6 is 12.4 Å². The first-order valence-electron chi connectivity index (χ1n) is 7.60. The summed E-state index contributed by atoms with van der Waals surface area (Å²) >= 11 is 0. The third-order valence-electron chi connectivity index (χ3n) is 4.08. The van der Waals surface area contributed by atoms with Gasteiger partial charge in [-0.2, -0.15) is 0 Å². The molecule has 1 saturated carbocycles. The zero-order valence-corrected chi connectivity index (χ0v) is 14.6. The van der Waals surface area contributed by atoms with Gasteiger partial charge in [0.15, 0.2) is 0 Å². The molecule has 0 spiro atoms. The van der Waals surface area contributed by atoms with Gasteiger partial charge in [-0.1, -0.05) is 6.07 Å². The van der Waals surface area contributed by atoms with Crippen molar-refractivity contribution < 1.29 is 13.2 Å². The Kier molecular flexibility index (Phi) is 5.67. The smallest absolute Gasteiger partial charge is 0.241 e. The van der Waals surface area contributed by atoms with Gasteiger partial charge in [-0.15, -0.1) is 12.4 Å². The van der Waals surface area contributed by atoms with Gasteiger partial charge in [0.2, 0.25) is 15.9 Å². The maximum atomic E-state index is 12.4. The molecule has 1 atom stereocenters. The average molecular weight is 360 g/mol. The Labute approximate surface area is 142 Å². The minimum atomic E-state index is -3.52. The van der Waals surface area contributed by atoms with Gasteiger partial charge in [0.25, 0.3) is 0 Å². The Balaban J connectivity index is 0.00000192. The highest BCUT2D eigenvalue weighted by atomic mass is 35.5.